The first-order chi connectivity index (χ1) is 12.1. The van der Waals surface area contributed by atoms with Gasteiger partial charge in [-0.2, -0.15) is 0 Å². The molecule has 5 heteroatoms. The summed E-state index contributed by atoms with van der Waals surface area (Å²) in [4.78, 5) is 25.1. The first-order valence-electron chi connectivity index (χ1n) is 8.48. The minimum absolute atomic E-state index is 0.0755. The third kappa shape index (κ3) is 3.55. The van der Waals surface area contributed by atoms with Gasteiger partial charge in [0, 0.05) is 17.8 Å². The first-order valence-corrected chi connectivity index (χ1v) is 8.48. The molecule has 0 aromatic heterocycles. The third-order valence-electron chi connectivity index (χ3n) is 4.66. The summed E-state index contributed by atoms with van der Waals surface area (Å²) in [5.74, 6) is -1.00. The second kappa shape index (κ2) is 7.05. The minimum Gasteiger partial charge on any atom is -0.351 e. The van der Waals surface area contributed by atoms with Gasteiger partial charge in [-0.1, -0.05) is 43.3 Å². The normalized spacial score (nSPS) is 14.6. The van der Waals surface area contributed by atoms with E-state index in [-0.39, 0.29) is 24.2 Å². The van der Waals surface area contributed by atoms with Gasteiger partial charge in [-0.05, 0) is 37.0 Å². The zero-order chi connectivity index (χ0) is 17.9. The van der Waals surface area contributed by atoms with E-state index >= 15 is 0 Å². The Labute approximate surface area is 146 Å². The predicted molar refractivity (Wildman–Crippen MR) is 94.4 cm³/mol. The SMILES string of the molecule is CCc1ccccc1NC(=O)C1(C(=O)NCc2ccccc2F)CC1. The lowest BCUT2D eigenvalue weighted by atomic mass is 10.0. The molecule has 0 aliphatic heterocycles. The topological polar surface area (TPSA) is 58.2 Å². The molecule has 25 heavy (non-hydrogen) atoms. The highest BCUT2D eigenvalue weighted by atomic mass is 19.1. The van der Waals surface area contributed by atoms with Crippen LogP contribution in [0.1, 0.15) is 30.9 Å². The number of carbonyl (C=O) groups excluding carboxylic acids is 2. The van der Waals surface area contributed by atoms with E-state index in [2.05, 4.69) is 10.6 Å². The van der Waals surface area contributed by atoms with Crippen LogP contribution in [0.3, 0.4) is 0 Å². The number of halogens is 1. The number of anilines is 1. The van der Waals surface area contributed by atoms with Crippen LogP contribution in [0.4, 0.5) is 10.1 Å². The van der Waals surface area contributed by atoms with Crippen LogP contribution in [0.5, 0.6) is 0 Å². The van der Waals surface area contributed by atoms with Crippen molar-refractivity contribution in [3.8, 4) is 0 Å². The molecule has 2 amide bonds. The number of benzene rings is 2. The fourth-order valence-corrected chi connectivity index (χ4v) is 2.86. The van der Waals surface area contributed by atoms with Crippen molar-refractivity contribution < 1.29 is 14.0 Å². The third-order valence-corrected chi connectivity index (χ3v) is 4.66. The molecule has 2 aromatic carbocycles. The summed E-state index contributed by atoms with van der Waals surface area (Å²) >= 11 is 0. The molecule has 2 aromatic rings. The minimum atomic E-state index is -1.04. The van der Waals surface area contributed by atoms with E-state index in [0.717, 1.165) is 17.7 Å². The van der Waals surface area contributed by atoms with Crippen LogP contribution in [0.2, 0.25) is 0 Å². The molecule has 0 saturated heterocycles. The lowest BCUT2D eigenvalue weighted by Crippen LogP contribution is -2.39. The lowest BCUT2D eigenvalue weighted by Gasteiger charge is -2.17. The molecule has 0 bridgehead atoms. The van der Waals surface area contributed by atoms with Gasteiger partial charge in [0.15, 0.2) is 0 Å². The Balaban J connectivity index is 1.66. The molecule has 1 aliphatic rings. The van der Waals surface area contributed by atoms with E-state index in [1.165, 1.54) is 6.07 Å². The predicted octanol–water partition coefficient (Wildman–Crippen LogP) is 3.42. The van der Waals surface area contributed by atoms with E-state index in [4.69, 9.17) is 0 Å². The van der Waals surface area contributed by atoms with Crippen LogP contribution in [-0.2, 0) is 22.6 Å². The van der Waals surface area contributed by atoms with Crippen LogP contribution in [-0.4, -0.2) is 11.8 Å². The molecule has 0 atom stereocenters. The summed E-state index contributed by atoms with van der Waals surface area (Å²) in [6.45, 7) is 2.09. The molecule has 0 radical (unpaired) electrons. The van der Waals surface area contributed by atoms with Crippen LogP contribution in [0.25, 0.3) is 0 Å². The van der Waals surface area contributed by atoms with Gasteiger partial charge in [-0.3, -0.25) is 9.59 Å². The van der Waals surface area contributed by atoms with Crippen LogP contribution < -0.4 is 10.6 Å². The number of aryl methyl sites for hydroxylation is 1. The molecule has 130 valence electrons. The summed E-state index contributed by atoms with van der Waals surface area (Å²) < 4.78 is 13.7. The van der Waals surface area contributed by atoms with Crippen LogP contribution in [0, 0.1) is 11.2 Å². The van der Waals surface area contributed by atoms with Crippen molar-refractivity contribution in [2.24, 2.45) is 5.41 Å². The zero-order valence-electron chi connectivity index (χ0n) is 14.1. The molecular weight excluding hydrogens is 319 g/mol. The Bertz CT molecular complexity index is 800. The second-order valence-electron chi connectivity index (χ2n) is 6.32. The molecule has 4 nitrogen and oxygen atoms in total. The fraction of sp³-hybridized carbons (Fsp3) is 0.300. The molecular formula is C20H21FN2O2. The average Bonchev–Trinajstić information content (AvgIpc) is 3.43. The zero-order valence-corrected chi connectivity index (χ0v) is 14.1. The lowest BCUT2D eigenvalue weighted by molar-refractivity contribution is -0.134. The molecule has 2 N–H and O–H groups in total. The van der Waals surface area contributed by atoms with E-state index in [1.807, 2.05) is 31.2 Å². The number of para-hydroxylation sites is 1. The van der Waals surface area contributed by atoms with Gasteiger partial charge < -0.3 is 10.6 Å². The standard InChI is InChI=1S/C20H21FN2O2/c1-2-14-7-4-6-10-17(14)23-19(25)20(11-12-20)18(24)22-13-15-8-3-5-9-16(15)21/h3-10H,2,11-13H2,1H3,(H,22,24)(H,23,25). The van der Waals surface area contributed by atoms with E-state index in [1.54, 1.807) is 18.2 Å². The van der Waals surface area contributed by atoms with Gasteiger partial charge in [-0.25, -0.2) is 4.39 Å². The number of hydrogen-bond donors (Lipinski definition) is 2. The highest BCUT2D eigenvalue weighted by molar-refractivity contribution is 6.13. The molecule has 0 heterocycles. The van der Waals surface area contributed by atoms with E-state index in [0.29, 0.717) is 18.4 Å². The number of carbonyl (C=O) groups is 2. The summed E-state index contributed by atoms with van der Waals surface area (Å²) in [6.07, 6.45) is 1.81. The monoisotopic (exact) mass is 340 g/mol. The molecule has 1 saturated carbocycles. The number of rotatable bonds is 6. The van der Waals surface area contributed by atoms with Crippen molar-refractivity contribution in [3.05, 3.63) is 65.5 Å². The number of hydrogen-bond acceptors (Lipinski definition) is 2. The van der Waals surface area contributed by atoms with Gasteiger partial charge in [0.25, 0.3) is 0 Å². The molecule has 0 unspecified atom stereocenters. The molecule has 1 aliphatic carbocycles. The van der Waals surface area contributed by atoms with E-state index in [9.17, 15) is 14.0 Å². The maximum Gasteiger partial charge on any atom is 0.240 e. The largest absolute Gasteiger partial charge is 0.351 e. The average molecular weight is 340 g/mol. The van der Waals surface area contributed by atoms with Gasteiger partial charge in [-0.15, -0.1) is 0 Å². The van der Waals surface area contributed by atoms with Crippen LogP contribution >= 0.6 is 0 Å². The molecule has 1 fully saturated rings. The smallest absolute Gasteiger partial charge is 0.240 e. The summed E-state index contributed by atoms with van der Waals surface area (Å²) in [5.41, 5.74) is 1.14. The Kier molecular flexibility index (Phi) is 4.83. The number of nitrogens with one attached hydrogen (secondary N) is 2. The van der Waals surface area contributed by atoms with Crippen molar-refractivity contribution in [1.82, 2.24) is 5.32 Å². The highest BCUT2D eigenvalue weighted by Crippen LogP contribution is 2.47. The quantitative estimate of drug-likeness (QED) is 0.792. The van der Waals surface area contributed by atoms with Crippen molar-refractivity contribution in [2.75, 3.05) is 5.32 Å². The summed E-state index contributed by atoms with van der Waals surface area (Å²) in [7, 11) is 0. The van der Waals surface area contributed by atoms with Crippen molar-refractivity contribution >= 4 is 17.5 Å². The molecule has 3 rings (SSSR count). The first kappa shape index (κ1) is 17.1. The van der Waals surface area contributed by atoms with Crippen molar-refractivity contribution in [1.29, 1.82) is 0 Å². The van der Waals surface area contributed by atoms with Gasteiger partial charge in [0.2, 0.25) is 11.8 Å². The Morgan fingerprint density at radius 3 is 2.28 bits per heavy atom. The van der Waals surface area contributed by atoms with E-state index < -0.39 is 5.41 Å². The van der Waals surface area contributed by atoms with Gasteiger partial charge in [0.05, 0.1) is 0 Å². The van der Waals surface area contributed by atoms with Crippen molar-refractivity contribution in [2.45, 2.75) is 32.7 Å². The highest BCUT2D eigenvalue weighted by Gasteiger charge is 2.56. The van der Waals surface area contributed by atoms with Gasteiger partial charge >= 0.3 is 0 Å². The van der Waals surface area contributed by atoms with Crippen LogP contribution in [0.15, 0.2) is 48.5 Å². The second-order valence-corrected chi connectivity index (χ2v) is 6.32. The Morgan fingerprint density at radius 2 is 1.64 bits per heavy atom. The summed E-state index contributed by atoms with van der Waals surface area (Å²) in [5, 5.41) is 5.58. The Morgan fingerprint density at radius 1 is 1.00 bits per heavy atom. The van der Waals surface area contributed by atoms with Crippen molar-refractivity contribution in [3.63, 3.8) is 0 Å². The summed E-state index contributed by atoms with van der Waals surface area (Å²) in [6, 6.07) is 13.8. The Hall–Kier alpha value is -2.69. The molecule has 0 spiro atoms. The maximum atomic E-state index is 13.7. The fourth-order valence-electron chi connectivity index (χ4n) is 2.86. The van der Waals surface area contributed by atoms with Gasteiger partial charge in [0.1, 0.15) is 11.2 Å². The number of amides is 2. The maximum absolute atomic E-state index is 13.7.